The van der Waals surface area contributed by atoms with Crippen molar-refractivity contribution in [2.45, 2.75) is 19.4 Å². The van der Waals surface area contributed by atoms with Gasteiger partial charge in [0.15, 0.2) is 0 Å². The molecule has 1 atom stereocenters. The summed E-state index contributed by atoms with van der Waals surface area (Å²) in [5.74, 6) is 0.834. The number of hydrogen-bond acceptors (Lipinski definition) is 3. The van der Waals surface area contributed by atoms with E-state index in [0.29, 0.717) is 6.61 Å². The molecule has 1 heterocycles. The van der Waals surface area contributed by atoms with Crippen LogP contribution < -0.4 is 10.1 Å². The molecule has 1 N–H and O–H groups in total. The predicted octanol–water partition coefficient (Wildman–Crippen LogP) is 2.73. The fourth-order valence-corrected chi connectivity index (χ4v) is 1.98. The summed E-state index contributed by atoms with van der Waals surface area (Å²) in [6.07, 6.45) is 1.87. The zero-order valence-electron chi connectivity index (χ0n) is 10.4. The lowest BCUT2D eigenvalue weighted by Crippen LogP contribution is -2.32. The summed E-state index contributed by atoms with van der Waals surface area (Å²) < 4.78 is 10.5. The first-order chi connectivity index (χ1) is 8.70. The lowest BCUT2D eigenvalue weighted by molar-refractivity contribution is 0.149. The Kier molecular flexibility index (Phi) is 3.87. The van der Waals surface area contributed by atoms with E-state index in [4.69, 9.17) is 9.47 Å². The van der Waals surface area contributed by atoms with Gasteiger partial charge in [-0.05, 0) is 13.0 Å². The number of amides is 1. The predicted molar refractivity (Wildman–Crippen MR) is 68.7 cm³/mol. The molecule has 1 aliphatic heterocycles. The SMILES string of the molecule is C=CCOC(=O)NC1CCOc2ccc(C)cc21. The van der Waals surface area contributed by atoms with Crippen LogP contribution in [0.3, 0.4) is 0 Å². The number of rotatable bonds is 3. The van der Waals surface area contributed by atoms with Crippen molar-refractivity contribution >= 4 is 6.09 Å². The van der Waals surface area contributed by atoms with Crippen molar-refractivity contribution in [3.05, 3.63) is 42.0 Å². The Bertz CT molecular complexity index is 456. The van der Waals surface area contributed by atoms with Gasteiger partial charge in [-0.2, -0.15) is 0 Å². The molecule has 0 aromatic heterocycles. The Morgan fingerprint density at radius 1 is 1.67 bits per heavy atom. The third-order valence-corrected chi connectivity index (χ3v) is 2.83. The fourth-order valence-electron chi connectivity index (χ4n) is 1.98. The number of alkyl carbamates (subject to hydrolysis) is 1. The van der Waals surface area contributed by atoms with Gasteiger partial charge in [-0.3, -0.25) is 0 Å². The van der Waals surface area contributed by atoms with Crippen molar-refractivity contribution in [1.82, 2.24) is 5.32 Å². The minimum Gasteiger partial charge on any atom is -0.493 e. The van der Waals surface area contributed by atoms with Crippen molar-refractivity contribution in [3.63, 3.8) is 0 Å². The second-order valence-corrected chi connectivity index (χ2v) is 4.26. The average Bonchev–Trinajstić information content (AvgIpc) is 2.37. The van der Waals surface area contributed by atoms with Crippen LogP contribution in [-0.2, 0) is 4.74 Å². The van der Waals surface area contributed by atoms with E-state index >= 15 is 0 Å². The van der Waals surface area contributed by atoms with Crippen LogP contribution in [-0.4, -0.2) is 19.3 Å². The molecular weight excluding hydrogens is 230 g/mol. The monoisotopic (exact) mass is 247 g/mol. The van der Waals surface area contributed by atoms with Crippen LogP contribution in [0.2, 0.25) is 0 Å². The number of carbonyl (C=O) groups is 1. The lowest BCUT2D eigenvalue weighted by Gasteiger charge is -2.26. The van der Waals surface area contributed by atoms with E-state index < -0.39 is 6.09 Å². The lowest BCUT2D eigenvalue weighted by atomic mass is 9.99. The van der Waals surface area contributed by atoms with Crippen LogP contribution in [0.5, 0.6) is 5.75 Å². The Morgan fingerprint density at radius 3 is 3.28 bits per heavy atom. The van der Waals surface area contributed by atoms with Crippen LogP contribution in [0, 0.1) is 6.92 Å². The van der Waals surface area contributed by atoms with Crippen molar-refractivity contribution in [3.8, 4) is 5.75 Å². The zero-order chi connectivity index (χ0) is 13.0. The normalized spacial score (nSPS) is 17.3. The van der Waals surface area contributed by atoms with Gasteiger partial charge >= 0.3 is 6.09 Å². The highest BCUT2D eigenvalue weighted by atomic mass is 16.5. The first-order valence-electron chi connectivity index (χ1n) is 5.98. The summed E-state index contributed by atoms with van der Waals surface area (Å²) in [6, 6.07) is 5.92. The third-order valence-electron chi connectivity index (χ3n) is 2.83. The topological polar surface area (TPSA) is 47.6 Å². The second kappa shape index (κ2) is 5.58. The molecule has 18 heavy (non-hydrogen) atoms. The van der Waals surface area contributed by atoms with Gasteiger partial charge < -0.3 is 14.8 Å². The van der Waals surface area contributed by atoms with Crippen molar-refractivity contribution in [2.75, 3.05) is 13.2 Å². The number of benzene rings is 1. The first kappa shape index (κ1) is 12.5. The summed E-state index contributed by atoms with van der Waals surface area (Å²) in [5, 5.41) is 2.85. The summed E-state index contributed by atoms with van der Waals surface area (Å²) in [7, 11) is 0. The summed E-state index contributed by atoms with van der Waals surface area (Å²) in [4.78, 5) is 11.5. The second-order valence-electron chi connectivity index (χ2n) is 4.26. The Labute approximate surface area is 107 Å². The molecule has 1 amide bonds. The van der Waals surface area contributed by atoms with Crippen LogP contribution in [0.25, 0.3) is 0 Å². The minimum atomic E-state index is -0.422. The van der Waals surface area contributed by atoms with Crippen LogP contribution in [0.1, 0.15) is 23.6 Å². The Hall–Kier alpha value is -1.97. The van der Waals surface area contributed by atoms with Gasteiger partial charge in [0.1, 0.15) is 12.4 Å². The maximum Gasteiger partial charge on any atom is 0.407 e. The molecule has 0 spiro atoms. The van der Waals surface area contributed by atoms with Gasteiger partial charge in [0.2, 0.25) is 0 Å². The average molecular weight is 247 g/mol. The van der Waals surface area contributed by atoms with Gasteiger partial charge in [0.05, 0.1) is 12.6 Å². The molecule has 96 valence electrons. The van der Waals surface area contributed by atoms with Crippen LogP contribution in [0.15, 0.2) is 30.9 Å². The van der Waals surface area contributed by atoms with E-state index in [2.05, 4.69) is 11.9 Å². The molecule has 0 saturated heterocycles. The summed E-state index contributed by atoms with van der Waals surface area (Å²) in [5.41, 5.74) is 2.15. The van der Waals surface area contributed by atoms with E-state index in [1.54, 1.807) is 6.08 Å². The quantitative estimate of drug-likeness (QED) is 0.835. The van der Waals surface area contributed by atoms with Crippen molar-refractivity contribution in [1.29, 1.82) is 0 Å². The zero-order valence-corrected chi connectivity index (χ0v) is 10.4. The Balaban J connectivity index is 2.09. The molecule has 1 unspecified atom stereocenters. The van der Waals surface area contributed by atoms with Gasteiger partial charge in [0.25, 0.3) is 0 Å². The number of aryl methyl sites for hydroxylation is 1. The van der Waals surface area contributed by atoms with Gasteiger partial charge in [0, 0.05) is 12.0 Å². The summed E-state index contributed by atoms with van der Waals surface area (Å²) in [6.45, 7) is 6.34. The van der Waals surface area contributed by atoms with Gasteiger partial charge in [-0.15, -0.1) is 0 Å². The van der Waals surface area contributed by atoms with Crippen molar-refractivity contribution < 1.29 is 14.3 Å². The molecule has 0 saturated carbocycles. The molecule has 0 bridgehead atoms. The van der Waals surface area contributed by atoms with Crippen molar-refractivity contribution in [2.24, 2.45) is 0 Å². The molecule has 2 rings (SSSR count). The third kappa shape index (κ3) is 2.83. The maximum absolute atomic E-state index is 11.5. The number of ether oxygens (including phenoxy) is 2. The largest absolute Gasteiger partial charge is 0.493 e. The van der Waals surface area contributed by atoms with Gasteiger partial charge in [-0.25, -0.2) is 4.79 Å². The Morgan fingerprint density at radius 2 is 2.50 bits per heavy atom. The number of hydrogen-bond donors (Lipinski definition) is 1. The molecule has 4 nitrogen and oxygen atoms in total. The molecule has 4 heteroatoms. The van der Waals surface area contributed by atoms with E-state index in [9.17, 15) is 4.79 Å². The number of nitrogens with one attached hydrogen (secondary N) is 1. The molecule has 1 aromatic rings. The van der Waals surface area contributed by atoms with Crippen LogP contribution >= 0.6 is 0 Å². The minimum absolute atomic E-state index is 0.0500. The number of carbonyl (C=O) groups excluding carboxylic acids is 1. The van der Waals surface area contributed by atoms with E-state index in [0.717, 1.165) is 23.3 Å². The highest BCUT2D eigenvalue weighted by Gasteiger charge is 2.23. The standard InChI is InChI=1S/C14H17NO3/c1-3-7-18-14(16)15-12-6-8-17-13-5-4-10(2)9-11(12)13/h3-5,9,12H,1,6-8H2,2H3,(H,15,16). The van der Waals surface area contributed by atoms with Crippen LogP contribution in [0.4, 0.5) is 4.79 Å². The highest BCUT2D eigenvalue weighted by molar-refractivity contribution is 5.68. The smallest absolute Gasteiger partial charge is 0.407 e. The summed E-state index contributed by atoms with van der Waals surface area (Å²) >= 11 is 0. The highest BCUT2D eigenvalue weighted by Crippen LogP contribution is 2.32. The number of fused-ring (bicyclic) bond motifs is 1. The molecule has 0 fully saturated rings. The van der Waals surface area contributed by atoms with E-state index in [1.807, 2.05) is 25.1 Å². The van der Waals surface area contributed by atoms with Gasteiger partial charge in [-0.1, -0.05) is 30.4 Å². The first-order valence-corrected chi connectivity index (χ1v) is 5.98. The van der Waals surface area contributed by atoms with E-state index in [1.165, 1.54) is 0 Å². The molecular formula is C14H17NO3. The molecule has 0 radical (unpaired) electrons. The molecule has 0 aliphatic carbocycles. The molecule has 1 aliphatic rings. The molecule has 1 aromatic carbocycles. The fraction of sp³-hybridized carbons (Fsp3) is 0.357. The van der Waals surface area contributed by atoms with E-state index in [-0.39, 0.29) is 12.6 Å². The maximum atomic E-state index is 11.5.